The van der Waals surface area contributed by atoms with E-state index >= 15 is 0 Å². The highest BCUT2D eigenvalue weighted by atomic mass is 35.5. The molecule has 1 amide bonds. The van der Waals surface area contributed by atoms with Crippen LogP contribution in [-0.2, 0) is 11.3 Å². The number of carbonyl (C=O) groups excluding carboxylic acids is 1. The number of phenolic OH excluding ortho intramolecular Hbond substituents is 1. The Labute approximate surface area is 168 Å². The number of rotatable bonds is 7. The summed E-state index contributed by atoms with van der Waals surface area (Å²) in [6, 6.07) is 7.16. The van der Waals surface area contributed by atoms with Gasteiger partial charge in [0.25, 0.3) is 0 Å². The van der Waals surface area contributed by atoms with Crippen LogP contribution >= 0.6 is 24.8 Å². The average Bonchev–Trinajstić information content (AvgIpc) is 2.72. The molecule has 2 rings (SSSR count). The van der Waals surface area contributed by atoms with Crippen LogP contribution in [-0.4, -0.2) is 35.2 Å². The van der Waals surface area contributed by atoms with Crippen molar-refractivity contribution in [1.29, 1.82) is 0 Å². The van der Waals surface area contributed by atoms with Gasteiger partial charge in [0.1, 0.15) is 5.75 Å². The van der Waals surface area contributed by atoms with Crippen LogP contribution in [0.25, 0.3) is 0 Å². The molecule has 0 atom stereocenters. The number of carbonyl (C=O) groups is 1. The summed E-state index contributed by atoms with van der Waals surface area (Å²) in [7, 11) is 0. The Hall–Kier alpha value is -1.27. The minimum Gasteiger partial charge on any atom is -0.508 e. The first-order valence-electron chi connectivity index (χ1n) is 8.49. The number of amides is 1. The van der Waals surface area contributed by atoms with Crippen LogP contribution in [0.1, 0.15) is 39.7 Å². The fraction of sp³-hybridized carbons (Fsp3) is 0.526. The van der Waals surface area contributed by atoms with Crippen LogP contribution < -0.4 is 16.0 Å². The summed E-state index contributed by atoms with van der Waals surface area (Å²) in [4.78, 5) is 12.4. The van der Waals surface area contributed by atoms with Crippen LogP contribution in [0.3, 0.4) is 0 Å². The second-order valence-electron chi connectivity index (χ2n) is 7.48. The van der Waals surface area contributed by atoms with Gasteiger partial charge in [0.05, 0.1) is 0 Å². The predicted octanol–water partition coefficient (Wildman–Crippen LogP) is 2.92. The van der Waals surface area contributed by atoms with E-state index in [9.17, 15) is 9.90 Å². The Morgan fingerprint density at radius 2 is 1.69 bits per heavy atom. The van der Waals surface area contributed by atoms with E-state index < -0.39 is 0 Å². The molecule has 1 aliphatic heterocycles. The van der Waals surface area contributed by atoms with E-state index in [1.165, 1.54) is 0 Å². The third-order valence-corrected chi connectivity index (χ3v) is 4.14. The van der Waals surface area contributed by atoms with Gasteiger partial charge in [-0.15, -0.1) is 24.8 Å². The molecule has 7 heteroatoms. The van der Waals surface area contributed by atoms with E-state index in [1.54, 1.807) is 12.1 Å². The highest BCUT2D eigenvalue weighted by Gasteiger charge is 2.39. The second kappa shape index (κ2) is 10.2. The molecule has 0 saturated heterocycles. The van der Waals surface area contributed by atoms with E-state index in [0.717, 1.165) is 30.6 Å². The van der Waals surface area contributed by atoms with Gasteiger partial charge in [0.2, 0.25) is 5.91 Å². The molecular weight excluding hydrogens is 373 g/mol. The molecule has 0 saturated carbocycles. The highest BCUT2D eigenvalue weighted by molar-refractivity contribution is 5.96. The van der Waals surface area contributed by atoms with Crippen LogP contribution in [0.4, 0.5) is 0 Å². The quantitative estimate of drug-likeness (QED) is 0.528. The van der Waals surface area contributed by atoms with E-state index in [2.05, 4.69) is 29.8 Å². The van der Waals surface area contributed by atoms with Crippen molar-refractivity contribution in [2.75, 3.05) is 13.1 Å². The van der Waals surface area contributed by atoms with Gasteiger partial charge in [0, 0.05) is 29.7 Å². The number of nitrogens with one attached hydrogen (secondary N) is 3. The van der Waals surface area contributed by atoms with Crippen LogP contribution in [0.2, 0.25) is 0 Å². The normalized spacial score (nSPS) is 16.8. The summed E-state index contributed by atoms with van der Waals surface area (Å²) in [6.45, 7) is 10.4. The van der Waals surface area contributed by atoms with Crippen molar-refractivity contribution < 1.29 is 9.90 Å². The van der Waals surface area contributed by atoms with Crippen molar-refractivity contribution in [3.8, 4) is 5.75 Å². The Balaban J connectivity index is 0.00000312. The van der Waals surface area contributed by atoms with Crippen LogP contribution in [0.15, 0.2) is 35.9 Å². The smallest absolute Gasteiger partial charge is 0.248 e. The third-order valence-electron chi connectivity index (χ3n) is 4.14. The predicted molar refractivity (Wildman–Crippen MR) is 111 cm³/mol. The first-order chi connectivity index (χ1) is 11.2. The summed E-state index contributed by atoms with van der Waals surface area (Å²) in [6.07, 6.45) is 2.89. The average molecular weight is 404 g/mol. The first-order valence-corrected chi connectivity index (χ1v) is 8.49. The summed E-state index contributed by atoms with van der Waals surface area (Å²) in [5.74, 6) is 0.292. The zero-order valence-electron chi connectivity index (χ0n) is 15.9. The minimum atomic E-state index is -0.301. The Kier molecular flexibility index (Phi) is 9.67. The SMILES string of the molecule is CC1(C)C=C(C(=O)NCCCNCc2ccc(O)cc2)C(C)(C)N1.Cl.Cl. The lowest BCUT2D eigenvalue weighted by molar-refractivity contribution is -0.118. The zero-order valence-corrected chi connectivity index (χ0v) is 17.5. The van der Waals surface area contributed by atoms with Gasteiger partial charge >= 0.3 is 0 Å². The number of hydrogen-bond donors (Lipinski definition) is 4. The maximum atomic E-state index is 12.4. The van der Waals surface area contributed by atoms with Gasteiger partial charge in [-0.05, 0) is 58.4 Å². The van der Waals surface area contributed by atoms with Gasteiger partial charge in [-0.3, -0.25) is 10.1 Å². The largest absolute Gasteiger partial charge is 0.508 e. The number of halogens is 2. The molecule has 148 valence electrons. The number of aromatic hydroxyl groups is 1. The molecule has 1 heterocycles. The molecule has 4 N–H and O–H groups in total. The topological polar surface area (TPSA) is 73.4 Å². The van der Waals surface area contributed by atoms with E-state index in [0.29, 0.717) is 6.54 Å². The van der Waals surface area contributed by atoms with Crippen LogP contribution in [0.5, 0.6) is 5.75 Å². The molecule has 0 radical (unpaired) electrons. The lowest BCUT2D eigenvalue weighted by Crippen LogP contribution is -2.47. The minimum absolute atomic E-state index is 0. The van der Waals surface area contributed by atoms with Crippen molar-refractivity contribution in [2.45, 2.75) is 51.7 Å². The van der Waals surface area contributed by atoms with Crippen molar-refractivity contribution in [2.24, 2.45) is 0 Å². The van der Waals surface area contributed by atoms with Gasteiger partial charge in [0.15, 0.2) is 0 Å². The summed E-state index contributed by atoms with van der Waals surface area (Å²) < 4.78 is 0. The first kappa shape index (κ1) is 24.7. The standard InChI is InChI=1S/C19H29N3O2.2ClH/c1-18(2)12-16(19(3,4)22-18)17(24)21-11-5-10-20-13-14-6-8-15(23)9-7-14;;/h6-9,12,20,22-23H,5,10-11,13H2,1-4H3,(H,21,24);2*1H. The molecule has 0 spiro atoms. The summed E-state index contributed by atoms with van der Waals surface area (Å²) in [5, 5.41) is 19.0. The lowest BCUT2D eigenvalue weighted by atomic mass is 9.96. The maximum Gasteiger partial charge on any atom is 0.248 e. The summed E-state index contributed by atoms with van der Waals surface area (Å²) in [5.41, 5.74) is 1.49. The van der Waals surface area contributed by atoms with Gasteiger partial charge in [-0.2, -0.15) is 0 Å². The zero-order chi connectivity index (χ0) is 17.8. The van der Waals surface area contributed by atoms with Gasteiger partial charge in [-0.25, -0.2) is 0 Å². The van der Waals surface area contributed by atoms with Gasteiger partial charge in [-0.1, -0.05) is 18.2 Å². The molecule has 0 aliphatic carbocycles. The number of phenols is 1. The molecule has 0 aromatic heterocycles. The van der Waals surface area contributed by atoms with Crippen LogP contribution in [0, 0.1) is 0 Å². The lowest BCUT2D eigenvalue weighted by Gasteiger charge is -2.27. The van der Waals surface area contributed by atoms with E-state index in [1.807, 2.05) is 32.1 Å². The molecule has 1 aliphatic rings. The highest BCUT2D eigenvalue weighted by Crippen LogP contribution is 2.29. The third kappa shape index (κ3) is 7.16. The maximum absolute atomic E-state index is 12.4. The van der Waals surface area contributed by atoms with E-state index in [4.69, 9.17) is 0 Å². The molecule has 26 heavy (non-hydrogen) atoms. The Bertz CT molecular complexity index is 614. The molecule has 5 nitrogen and oxygen atoms in total. The molecule has 1 aromatic rings. The molecule has 0 bridgehead atoms. The molecule has 0 unspecified atom stereocenters. The molecule has 1 aromatic carbocycles. The fourth-order valence-corrected chi connectivity index (χ4v) is 3.16. The monoisotopic (exact) mass is 403 g/mol. The Morgan fingerprint density at radius 1 is 1.08 bits per heavy atom. The van der Waals surface area contributed by atoms with Crippen molar-refractivity contribution in [3.63, 3.8) is 0 Å². The fourth-order valence-electron chi connectivity index (χ4n) is 3.16. The molecule has 0 fully saturated rings. The van der Waals surface area contributed by atoms with Gasteiger partial charge < -0.3 is 15.7 Å². The Morgan fingerprint density at radius 3 is 2.23 bits per heavy atom. The van der Waals surface area contributed by atoms with E-state index in [-0.39, 0.29) is 47.5 Å². The summed E-state index contributed by atoms with van der Waals surface area (Å²) >= 11 is 0. The van der Waals surface area contributed by atoms with Crippen molar-refractivity contribution in [1.82, 2.24) is 16.0 Å². The van der Waals surface area contributed by atoms with Crippen molar-refractivity contribution in [3.05, 3.63) is 41.5 Å². The second-order valence-corrected chi connectivity index (χ2v) is 7.48. The molecular formula is C19H31Cl2N3O2. The number of benzene rings is 1. The number of hydrogen-bond acceptors (Lipinski definition) is 4. The van der Waals surface area contributed by atoms with Crippen molar-refractivity contribution >= 4 is 30.7 Å².